The van der Waals surface area contributed by atoms with E-state index < -0.39 is 0 Å². The van der Waals surface area contributed by atoms with E-state index in [0.29, 0.717) is 0 Å². The van der Waals surface area contributed by atoms with E-state index in [1.165, 1.54) is 50.1 Å². The van der Waals surface area contributed by atoms with Crippen LogP contribution < -0.4 is 24.8 Å². The van der Waals surface area contributed by atoms with Crippen molar-refractivity contribution in [3.8, 4) is 0 Å². The topological polar surface area (TPSA) is 0 Å². The van der Waals surface area contributed by atoms with Gasteiger partial charge in [-0.15, -0.1) is 46.2 Å². The van der Waals surface area contributed by atoms with Crippen molar-refractivity contribution in [3.63, 3.8) is 0 Å². The summed E-state index contributed by atoms with van der Waals surface area (Å²) in [4.78, 5) is 0. The molecule has 0 aliphatic heterocycles. The first-order valence-corrected chi connectivity index (χ1v) is 15.8. The Morgan fingerprint density at radius 2 is 1.36 bits per heavy atom. The van der Waals surface area contributed by atoms with Crippen LogP contribution in [0.15, 0.2) is 72.3 Å². The van der Waals surface area contributed by atoms with E-state index in [-0.39, 0.29) is 30.3 Å². The monoisotopic (exact) mass is 552 g/mol. The molecular weight excluding hydrogens is 530 g/mol. The fourth-order valence-electron chi connectivity index (χ4n) is 2.42. The third kappa shape index (κ3) is 8.13. The molecule has 0 amide bonds. The molecular formula is C21H22Cl2HfSi-2. The van der Waals surface area contributed by atoms with Crippen LogP contribution in [0.3, 0.4) is 0 Å². The van der Waals surface area contributed by atoms with Crippen molar-refractivity contribution >= 4 is 27.0 Å². The Balaban J connectivity index is 0.000000410. The van der Waals surface area contributed by atoms with Gasteiger partial charge in [-0.05, 0) is 0 Å². The normalized spacial score (nSPS) is 11.3. The number of hydrogen-bond donors (Lipinski definition) is 0. The summed E-state index contributed by atoms with van der Waals surface area (Å²) in [5, 5.41) is 5.39. The van der Waals surface area contributed by atoms with Crippen LogP contribution in [-0.4, -0.2) is 5.49 Å². The number of fused-ring (bicyclic) bond motifs is 3. The molecule has 0 unspecified atom stereocenters. The minimum Gasteiger partial charge on any atom is -1.00 e. The molecule has 0 N–H and O–H groups in total. The van der Waals surface area contributed by atoms with Gasteiger partial charge in [-0.3, -0.25) is 6.08 Å². The van der Waals surface area contributed by atoms with E-state index in [1.54, 1.807) is 0 Å². The van der Waals surface area contributed by atoms with Crippen molar-refractivity contribution in [2.45, 2.75) is 26.4 Å². The van der Waals surface area contributed by atoms with Crippen LogP contribution in [0.2, 0.25) is 13.1 Å². The molecule has 0 spiro atoms. The number of allylic oxidation sites excluding steroid dienone is 4. The van der Waals surface area contributed by atoms with Gasteiger partial charge in [0.15, 0.2) is 0 Å². The van der Waals surface area contributed by atoms with Gasteiger partial charge in [-0.2, -0.15) is 6.08 Å². The standard InChI is InChI=1S/C13H9.C6H7.C2H6Si.2ClH.Hf/c1-3-7-12-10(5-1)9-11-6-2-4-8-13(11)12;1-6-4-2-3-5-6;1-3-2;;;/h1-9H;2,4H,3H2,1H3;1-2H3;2*1H;/q2*-1;;;;+2/p-2. The summed E-state index contributed by atoms with van der Waals surface area (Å²) in [6, 6.07) is 19.3. The van der Waals surface area contributed by atoms with Gasteiger partial charge in [-0.1, -0.05) is 43.3 Å². The number of rotatable bonds is 0. The zero-order valence-corrected chi connectivity index (χ0v) is 20.9. The summed E-state index contributed by atoms with van der Waals surface area (Å²) in [5.41, 5.74) is 1.53. The van der Waals surface area contributed by atoms with Gasteiger partial charge >= 0.3 is 41.6 Å². The van der Waals surface area contributed by atoms with Gasteiger partial charge in [-0.25, -0.2) is 11.6 Å². The molecule has 1 aliphatic rings. The molecule has 4 heteroatoms. The molecule has 1 aliphatic carbocycles. The molecule has 0 fully saturated rings. The van der Waals surface area contributed by atoms with Crippen molar-refractivity contribution in [1.82, 2.24) is 0 Å². The molecule has 0 saturated carbocycles. The first-order valence-electron chi connectivity index (χ1n) is 7.87. The number of hydrogen-bond acceptors (Lipinski definition) is 0. The van der Waals surface area contributed by atoms with Crippen molar-refractivity contribution in [1.29, 1.82) is 0 Å². The van der Waals surface area contributed by atoms with Crippen LogP contribution in [0, 0.1) is 6.08 Å². The summed E-state index contributed by atoms with van der Waals surface area (Å²) in [7, 11) is 0. The predicted octanol–water partition coefficient (Wildman–Crippen LogP) is 0.200. The summed E-state index contributed by atoms with van der Waals surface area (Å²) in [6.07, 6.45) is 8.33. The van der Waals surface area contributed by atoms with Gasteiger partial charge in [0.1, 0.15) is 0 Å². The molecule has 4 rings (SSSR count). The van der Waals surface area contributed by atoms with Crippen LogP contribution in [0.1, 0.15) is 13.3 Å². The maximum Gasteiger partial charge on any atom is -0.0771 e. The molecule has 0 heterocycles. The maximum atomic E-state index is 3.12. The van der Waals surface area contributed by atoms with E-state index in [1.807, 2.05) is 0 Å². The second-order valence-corrected chi connectivity index (χ2v) is 18.6. The van der Waals surface area contributed by atoms with Crippen molar-refractivity contribution in [2.24, 2.45) is 0 Å². The number of benzene rings is 2. The summed E-state index contributed by atoms with van der Waals surface area (Å²) in [5.74, 6) is 0. The molecule has 25 heavy (non-hydrogen) atoms. The van der Waals surface area contributed by atoms with Crippen LogP contribution in [-0.2, 0) is 23.0 Å². The smallest absolute Gasteiger partial charge is 0.0771 e. The number of halogens is 2. The summed E-state index contributed by atoms with van der Waals surface area (Å²) in [6.45, 7) is 6.72. The third-order valence-electron chi connectivity index (χ3n) is 3.39. The molecule has 3 aromatic rings. The van der Waals surface area contributed by atoms with Gasteiger partial charge in [0.05, 0.1) is 0 Å². The average molecular weight is 552 g/mol. The average Bonchev–Trinajstić information content (AvgIpc) is 3.13. The Hall–Kier alpha value is -0.543. The zero-order valence-electron chi connectivity index (χ0n) is 14.8. The predicted molar refractivity (Wildman–Crippen MR) is 101 cm³/mol. The summed E-state index contributed by atoms with van der Waals surface area (Å²) >= 11 is 1.45. The van der Waals surface area contributed by atoms with Crippen LogP contribution in [0.5, 0.6) is 0 Å². The molecule has 3 aromatic carbocycles. The third-order valence-corrected chi connectivity index (χ3v) is 3.39. The summed E-state index contributed by atoms with van der Waals surface area (Å²) < 4.78 is 0. The Morgan fingerprint density at radius 3 is 1.68 bits per heavy atom. The van der Waals surface area contributed by atoms with E-state index in [4.69, 9.17) is 0 Å². The van der Waals surface area contributed by atoms with E-state index >= 15 is 0 Å². The first-order chi connectivity index (χ1) is 11.1. The Bertz CT molecular complexity index is 805. The van der Waals surface area contributed by atoms with Gasteiger partial charge < -0.3 is 24.8 Å². The van der Waals surface area contributed by atoms with Crippen LogP contribution in [0.25, 0.3) is 21.5 Å². The van der Waals surface area contributed by atoms with Crippen molar-refractivity contribution < 1.29 is 47.8 Å². The van der Waals surface area contributed by atoms with Crippen LogP contribution >= 0.6 is 0 Å². The van der Waals surface area contributed by atoms with Crippen molar-refractivity contribution in [2.75, 3.05) is 0 Å². The van der Waals surface area contributed by atoms with Gasteiger partial charge in [0, 0.05) is 0 Å². The second-order valence-electron chi connectivity index (χ2n) is 5.79. The minimum atomic E-state index is 0. The molecule has 0 bridgehead atoms. The Morgan fingerprint density at radius 1 is 0.920 bits per heavy atom. The second kappa shape index (κ2) is 12.8. The van der Waals surface area contributed by atoms with Crippen molar-refractivity contribution in [3.05, 3.63) is 78.4 Å². The SMILES string of the molecule is CC1=[C-]CC=C1.C[Si](C)=[Hf+2].[Cl-].[Cl-].c1ccc2c(c1)[cH-]c1ccccc12. The minimum absolute atomic E-state index is 0. The van der Waals surface area contributed by atoms with E-state index in [0.717, 1.165) is 6.42 Å². The molecule has 0 atom stereocenters. The molecule has 0 radical (unpaired) electrons. The van der Waals surface area contributed by atoms with Crippen LogP contribution in [0.4, 0.5) is 0 Å². The maximum absolute atomic E-state index is 3.12. The van der Waals surface area contributed by atoms with E-state index in [9.17, 15) is 0 Å². The fraction of sp³-hybridized carbons (Fsp3) is 0.190. The molecule has 0 saturated heterocycles. The Kier molecular flexibility index (Phi) is 12.5. The fourth-order valence-corrected chi connectivity index (χ4v) is 2.42. The Labute approximate surface area is 178 Å². The zero-order chi connectivity index (χ0) is 16.7. The quantitative estimate of drug-likeness (QED) is 0.277. The largest absolute Gasteiger partial charge is 1.00 e. The van der Waals surface area contributed by atoms with Gasteiger partial charge in [0.2, 0.25) is 0 Å². The molecule has 130 valence electrons. The first kappa shape index (κ1) is 24.5. The molecule has 0 nitrogen and oxygen atoms in total. The van der Waals surface area contributed by atoms with E-state index in [2.05, 4.69) is 92.8 Å². The molecule has 0 aromatic heterocycles. The van der Waals surface area contributed by atoms with Gasteiger partial charge in [0.25, 0.3) is 0 Å².